The summed E-state index contributed by atoms with van der Waals surface area (Å²) < 4.78 is 0.423. The van der Waals surface area contributed by atoms with Crippen LogP contribution in [-0.2, 0) is 6.42 Å². The van der Waals surface area contributed by atoms with E-state index in [1.807, 2.05) is 0 Å². The zero-order valence-corrected chi connectivity index (χ0v) is 13.5. The van der Waals surface area contributed by atoms with E-state index in [0.29, 0.717) is 4.08 Å². The number of rotatable bonds is 2. The van der Waals surface area contributed by atoms with Gasteiger partial charge in [0.2, 0.25) is 0 Å². The summed E-state index contributed by atoms with van der Waals surface area (Å²) in [6.45, 7) is 4.56. The lowest BCUT2D eigenvalue weighted by atomic mass is 9.87. The topological polar surface area (TPSA) is 0 Å². The van der Waals surface area contributed by atoms with Gasteiger partial charge in [-0.1, -0.05) is 35.4 Å². The molecule has 0 nitrogen and oxygen atoms in total. The van der Waals surface area contributed by atoms with Crippen LogP contribution in [0, 0.1) is 6.92 Å². The van der Waals surface area contributed by atoms with Crippen LogP contribution in [0.3, 0.4) is 0 Å². The SMILES string of the molecule is CC1=C(Cc2cccc(C)c2)C2(CCC1)SCCS2. The second-order valence-corrected chi connectivity index (χ2v) is 8.77. The third-order valence-corrected chi connectivity index (χ3v) is 7.87. The molecule has 102 valence electrons. The van der Waals surface area contributed by atoms with Crippen molar-refractivity contribution in [2.75, 3.05) is 11.5 Å². The lowest BCUT2D eigenvalue weighted by Crippen LogP contribution is -2.26. The van der Waals surface area contributed by atoms with Gasteiger partial charge in [-0.3, -0.25) is 0 Å². The smallest absolute Gasteiger partial charge is 0.0826 e. The molecule has 2 aliphatic rings. The zero-order chi connectivity index (χ0) is 13.3. The second kappa shape index (κ2) is 5.57. The molecule has 1 aromatic rings. The minimum atomic E-state index is 0.423. The number of thioether (sulfide) groups is 2. The summed E-state index contributed by atoms with van der Waals surface area (Å²) in [5, 5.41) is 0. The van der Waals surface area contributed by atoms with E-state index in [2.05, 4.69) is 61.6 Å². The summed E-state index contributed by atoms with van der Waals surface area (Å²) in [4.78, 5) is 0. The van der Waals surface area contributed by atoms with Crippen LogP contribution in [0.25, 0.3) is 0 Å². The van der Waals surface area contributed by atoms with Crippen molar-refractivity contribution in [2.24, 2.45) is 0 Å². The first-order valence-electron chi connectivity index (χ1n) is 7.22. The third-order valence-electron chi connectivity index (χ3n) is 4.25. The number of hydrogen-bond acceptors (Lipinski definition) is 2. The monoisotopic (exact) mass is 290 g/mol. The Labute approximate surface area is 125 Å². The van der Waals surface area contributed by atoms with Gasteiger partial charge in [0.15, 0.2) is 0 Å². The maximum Gasteiger partial charge on any atom is 0.0826 e. The number of hydrogen-bond donors (Lipinski definition) is 0. The minimum absolute atomic E-state index is 0.423. The van der Waals surface area contributed by atoms with E-state index in [1.54, 1.807) is 11.1 Å². The van der Waals surface area contributed by atoms with Crippen molar-refractivity contribution < 1.29 is 0 Å². The molecule has 3 rings (SSSR count). The van der Waals surface area contributed by atoms with Crippen LogP contribution in [0.2, 0.25) is 0 Å². The van der Waals surface area contributed by atoms with Gasteiger partial charge in [0, 0.05) is 11.5 Å². The van der Waals surface area contributed by atoms with Crippen LogP contribution in [0.15, 0.2) is 35.4 Å². The van der Waals surface area contributed by atoms with Gasteiger partial charge in [-0.05, 0) is 50.7 Å². The Balaban J connectivity index is 1.91. The zero-order valence-electron chi connectivity index (χ0n) is 11.9. The van der Waals surface area contributed by atoms with Crippen molar-refractivity contribution in [1.82, 2.24) is 0 Å². The van der Waals surface area contributed by atoms with Gasteiger partial charge in [0.1, 0.15) is 0 Å². The minimum Gasteiger partial charge on any atom is -0.139 e. The molecule has 1 aromatic carbocycles. The molecule has 0 amide bonds. The molecule has 1 aliphatic heterocycles. The maximum absolute atomic E-state index is 2.37. The quantitative estimate of drug-likeness (QED) is 0.685. The van der Waals surface area contributed by atoms with E-state index in [1.165, 1.54) is 41.9 Å². The van der Waals surface area contributed by atoms with Gasteiger partial charge < -0.3 is 0 Å². The van der Waals surface area contributed by atoms with Gasteiger partial charge in [0.25, 0.3) is 0 Å². The van der Waals surface area contributed by atoms with Crippen LogP contribution in [-0.4, -0.2) is 15.6 Å². The van der Waals surface area contributed by atoms with E-state index in [0.717, 1.165) is 6.42 Å². The summed E-state index contributed by atoms with van der Waals surface area (Å²) in [6, 6.07) is 9.04. The van der Waals surface area contributed by atoms with Crippen molar-refractivity contribution in [3.63, 3.8) is 0 Å². The number of allylic oxidation sites excluding steroid dienone is 1. The molecule has 1 aliphatic carbocycles. The van der Waals surface area contributed by atoms with Crippen LogP contribution >= 0.6 is 23.5 Å². The second-order valence-electron chi connectivity index (χ2n) is 5.73. The molecule has 0 bridgehead atoms. The molecule has 0 radical (unpaired) electrons. The molecule has 19 heavy (non-hydrogen) atoms. The van der Waals surface area contributed by atoms with Crippen molar-refractivity contribution in [2.45, 2.75) is 43.6 Å². The van der Waals surface area contributed by atoms with Crippen molar-refractivity contribution >= 4 is 23.5 Å². The first kappa shape index (κ1) is 13.6. The number of aryl methyl sites for hydroxylation is 1. The fourth-order valence-electron chi connectivity index (χ4n) is 3.30. The molecule has 2 heteroatoms. The average Bonchev–Trinajstić information content (AvgIpc) is 2.84. The highest BCUT2D eigenvalue weighted by molar-refractivity contribution is 8.21. The Morgan fingerprint density at radius 2 is 1.95 bits per heavy atom. The summed E-state index contributed by atoms with van der Waals surface area (Å²) in [7, 11) is 0. The van der Waals surface area contributed by atoms with Gasteiger partial charge in [0.05, 0.1) is 4.08 Å². The van der Waals surface area contributed by atoms with Crippen LogP contribution in [0.4, 0.5) is 0 Å². The molecule has 0 N–H and O–H groups in total. The highest BCUT2D eigenvalue weighted by Crippen LogP contribution is 2.56. The first-order valence-corrected chi connectivity index (χ1v) is 9.19. The van der Waals surface area contributed by atoms with E-state index >= 15 is 0 Å². The molecule has 1 heterocycles. The predicted octanol–water partition coefficient (Wildman–Crippen LogP) is 5.21. The molecular weight excluding hydrogens is 268 g/mol. The largest absolute Gasteiger partial charge is 0.139 e. The Kier molecular flexibility index (Phi) is 4.00. The Bertz CT molecular complexity index is 496. The molecule has 0 aromatic heterocycles. The van der Waals surface area contributed by atoms with E-state index < -0.39 is 0 Å². The maximum atomic E-state index is 2.37. The lowest BCUT2D eigenvalue weighted by molar-refractivity contribution is 0.646. The molecule has 0 atom stereocenters. The van der Waals surface area contributed by atoms with E-state index in [-0.39, 0.29) is 0 Å². The van der Waals surface area contributed by atoms with Crippen LogP contribution in [0.1, 0.15) is 37.3 Å². The van der Waals surface area contributed by atoms with Crippen LogP contribution in [0.5, 0.6) is 0 Å². The Hall–Kier alpha value is -0.340. The summed E-state index contributed by atoms with van der Waals surface area (Å²) in [6.07, 6.45) is 5.22. The molecule has 1 spiro atoms. The Morgan fingerprint density at radius 3 is 2.68 bits per heavy atom. The fourth-order valence-corrected chi connectivity index (χ4v) is 6.88. The third kappa shape index (κ3) is 2.75. The first-order chi connectivity index (χ1) is 9.20. The van der Waals surface area contributed by atoms with Crippen molar-refractivity contribution in [3.8, 4) is 0 Å². The lowest BCUT2D eigenvalue weighted by Gasteiger charge is -2.36. The highest BCUT2D eigenvalue weighted by atomic mass is 32.2. The predicted molar refractivity (Wildman–Crippen MR) is 89.1 cm³/mol. The summed E-state index contributed by atoms with van der Waals surface area (Å²) in [5.41, 5.74) is 6.27. The van der Waals surface area contributed by atoms with Gasteiger partial charge in [-0.25, -0.2) is 0 Å². The van der Waals surface area contributed by atoms with Gasteiger partial charge >= 0.3 is 0 Å². The van der Waals surface area contributed by atoms with Crippen molar-refractivity contribution in [3.05, 3.63) is 46.5 Å². The summed E-state index contributed by atoms with van der Waals surface area (Å²) in [5.74, 6) is 2.66. The summed E-state index contributed by atoms with van der Waals surface area (Å²) >= 11 is 4.41. The highest BCUT2D eigenvalue weighted by Gasteiger charge is 2.41. The van der Waals surface area contributed by atoms with Gasteiger partial charge in [-0.15, -0.1) is 23.5 Å². The van der Waals surface area contributed by atoms with E-state index in [4.69, 9.17) is 0 Å². The normalized spacial score (nSPS) is 22.2. The molecule has 1 fully saturated rings. The standard InChI is InChI=1S/C17H22S2/c1-13-5-3-7-15(11-13)12-16-14(2)6-4-8-17(16)18-9-10-19-17/h3,5,7,11H,4,6,8-10,12H2,1-2H3. The molecular formula is C17H22S2. The fraction of sp³-hybridized carbons (Fsp3) is 0.529. The average molecular weight is 290 g/mol. The Morgan fingerprint density at radius 1 is 1.16 bits per heavy atom. The molecule has 1 saturated heterocycles. The van der Waals surface area contributed by atoms with Gasteiger partial charge in [-0.2, -0.15) is 0 Å². The molecule has 0 saturated carbocycles. The van der Waals surface area contributed by atoms with Crippen LogP contribution < -0.4 is 0 Å². The number of benzene rings is 1. The van der Waals surface area contributed by atoms with Crippen molar-refractivity contribution in [1.29, 1.82) is 0 Å². The van der Waals surface area contributed by atoms with E-state index in [9.17, 15) is 0 Å². The molecule has 0 unspecified atom stereocenters.